The number of ether oxygens (including phenoxy) is 1. The van der Waals surface area contributed by atoms with Crippen molar-refractivity contribution < 1.29 is 13.9 Å². The summed E-state index contributed by atoms with van der Waals surface area (Å²) in [5.41, 5.74) is 4.07. The topological polar surface area (TPSA) is 68.5 Å². The molecule has 0 bridgehead atoms. The second-order valence-corrected chi connectivity index (χ2v) is 6.63. The lowest BCUT2D eigenvalue weighted by atomic mass is 10.1. The Bertz CT molecular complexity index is 1040. The Labute approximate surface area is 158 Å². The molecule has 1 aromatic heterocycles. The molecule has 0 aliphatic carbocycles. The average molecular weight is 365 g/mol. The molecule has 1 amide bonds. The minimum atomic E-state index is -0.379. The molecule has 140 valence electrons. The highest BCUT2D eigenvalue weighted by atomic mass is 16.5. The zero-order valence-electron chi connectivity index (χ0n) is 15.8. The average Bonchev–Trinajstić information content (AvgIpc) is 2.63. The number of benzene rings is 2. The molecule has 0 aliphatic heterocycles. The van der Waals surface area contributed by atoms with Crippen LogP contribution >= 0.6 is 0 Å². The van der Waals surface area contributed by atoms with Crippen molar-refractivity contribution in [1.29, 1.82) is 0 Å². The SMILES string of the molecule is CCCc1cc(=O)oc2cc(OCC(=O)Nc3ccc(C)c(C)c3)ccc12. The van der Waals surface area contributed by atoms with Crippen molar-refractivity contribution >= 4 is 22.6 Å². The number of nitrogens with one attached hydrogen (secondary N) is 1. The number of fused-ring (bicyclic) bond motifs is 1. The molecule has 1 N–H and O–H groups in total. The minimum absolute atomic E-state index is 0.128. The first kappa shape index (κ1) is 18.7. The van der Waals surface area contributed by atoms with E-state index in [4.69, 9.17) is 9.15 Å². The van der Waals surface area contributed by atoms with E-state index in [0.29, 0.717) is 11.3 Å². The lowest BCUT2D eigenvalue weighted by Gasteiger charge is -2.10. The maximum absolute atomic E-state index is 12.1. The summed E-state index contributed by atoms with van der Waals surface area (Å²) < 4.78 is 10.8. The van der Waals surface area contributed by atoms with Gasteiger partial charge in [-0.2, -0.15) is 0 Å². The van der Waals surface area contributed by atoms with Gasteiger partial charge in [-0.1, -0.05) is 19.4 Å². The van der Waals surface area contributed by atoms with Crippen LogP contribution in [0.2, 0.25) is 0 Å². The van der Waals surface area contributed by atoms with Crippen LogP contribution < -0.4 is 15.7 Å². The van der Waals surface area contributed by atoms with E-state index >= 15 is 0 Å². The standard InChI is InChI=1S/C22H23NO4/c1-4-5-16-11-22(25)27-20-12-18(8-9-19(16)20)26-13-21(24)23-17-7-6-14(2)15(3)10-17/h6-12H,4-5,13H2,1-3H3,(H,23,24). The Hall–Kier alpha value is -3.08. The highest BCUT2D eigenvalue weighted by Gasteiger charge is 2.09. The third-order valence-corrected chi connectivity index (χ3v) is 4.48. The Kier molecular flexibility index (Phi) is 5.60. The van der Waals surface area contributed by atoms with Gasteiger partial charge in [0.25, 0.3) is 5.91 Å². The predicted octanol–water partition coefficient (Wildman–Crippen LogP) is 4.38. The number of hydrogen-bond acceptors (Lipinski definition) is 4. The first-order chi connectivity index (χ1) is 13.0. The molecule has 0 unspecified atom stereocenters. The normalized spacial score (nSPS) is 10.8. The van der Waals surface area contributed by atoms with E-state index in [0.717, 1.165) is 35.0 Å². The Morgan fingerprint density at radius 1 is 1.07 bits per heavy atom. The van der Waals surface area contributed by atoms with Gasteiger partial charge in [-0.05, 0) is 61.2 Å². The summed E-state index contributed by atoms with van der Waals surface area (Å²) in [4.78, 5) is 23.9. The molecule has 0 fully saturated rings. The molecule has 0 radical (unpaired) electrons. The molecule has 5 nitrogen and oxygen atoms in total. The predicted molar refractivity (Wildman–Crippen MR) is 107 cm³/mol. The van der Waals surface area contributed by atoms with E-state index in [9.17, 15) is 9.59 Å². The van der Waals surface area contributed by atoms with Crippen LogP contribution in [-0.2, 0) is 11.2 Å². The van der Waals surface area contributed by atoms with E-state index in [1.165, 1.54) is 11.6 Å². The summed E-state index contributed by atoms with van der Waals surface area (Å²) in [5.74, 6) is 0.231. The maximum Gasteiger partial charge on any atom is 0.336 e. The van der Waals surface area contributed by atoms with Gasteiger partial charge in [0, 0.05) is 23.2 Å². The van der Waals surface area contributed by atoms with Crippen LogP contribution in [0.15, 0.2) is 51.7 Å². The summed E-state index contributed by atoms with van der Waals surface area (Å²) in [6.45, 7) is 5.95. The van der Waals surface area contributed by atoms with Crippen LogP contribution in [0.1, 0.15) is 30.0 Å². The van der Waals surface area contributed by atoms with Crippen LogP contribution in [0, 0.1) is 13.8 Å². The van der Waals surface area contributed by atoms with E-state index < -0.39 is 0 Å². The van der Waals surface area contributed by atoms with Crippen LogP contribution in [0.4, 0.5) is 5.69 Å². The molecule has 1 heterocycles. The first-order valence-corrected chi connectivity index (χ1v) is 9.03. The van der Waals surface area contributed by atoms with Crippen molar-refractivity contribution in [2.75, 3.05) is 11.9 Å². The fraction of sp³-hybridized carbons (Fsp3) is 0.273. The number of carbonyl (C=O) groups excluding carboxylic acids is 1. The van der Waals surface area contributed by atoms with Gasteiger partial charge in [0.15, 0.2) is 6.61 Å². The molecule has 0 spiro atoms. The fourth-order valence-corrected chi connectivity index (χ4v) is 2.94. The van der Waals surface area contributed by atoms with Crippen molar-refractivity contribution in [3.8, 4) is 5.75 Å². The molecule has 3 aromatic rings. The molecule has 5 heteroatoms. The Morgan fingerprint density at radius 2 is 1.89 bits per heavy atom. The van der Waals surface area contributed by atoms with Gasteiger partial charge >= 0.3 is 5.63 Å². The summed E-state index contributed by atoms with van der Waals surface area (Å²) in [6, 6.07) is 12.6. The molecule has 27 heavy (non-hydrogen) atoms. The van der Waals surface area contributed by atoms with Gasteiger partial charge in [-0.25, -0.2) is 4.79 Å². The third kappa shape index (κ3) is 4.56. The van der Waals surface area contributed by atoms with Gasteiger partial charge in [0.1, 0.15) is 11.3 Å². The number of amides is 1. The van der Waals surface area contributed by atoms with E-state index in [-0.39, 0.29) is 18.1 Å². The fourth-order valence-electron chi connectivity index (χ4n) is 2.94. The van der Waals surface area contributed by atoms with Gasteiger partial charge in [0.2, 0.25) is 0 Å². The summed E-state index contributed by atoms with van der Waals surface area (Å²) in [7, 11) is 0. The molecular weight excluding hydrogens is 342 g/mol. The second kappa shape index (κ2) is 8.08. The Morgan fingerprint density at radius 3 is 2.63 bits per heavy atom. The molecule has 0 saturated heterocycles. The van der Waals surface area contributed by atoms with Crippen molar-refractivity contribution in [2.24, 2.45) is 0 Å². The number of carbonyl (C=O) groups is 1. The summed E-state index contributed by atoms with van der Waals surface area (Å²) in [6.07, 6.45) is 1.75. The number of rotatable bonds is 6. The lowest BCUT2D eigenvalue weighted by Crippen LogP contribution is -2.20. The molecule has 0 atom stereocenters. The quantitative estimate of drug-likeness (QED) is 0.658. The Balaban J connectivity index is 1.70. The number of aryl methyl sites for hydroxylation is 3. The van der Waals surface area contributed by atoms with Gasteiger partial charge in [-0.3, -0.25) is 4.79 Å². The van der Waals surface area contributed by atoms with Crippen LogP contribution in [0.5, 0.6) is 5.75 Å². The number of hydrogen-bond donors (Lipinski definition) is 1. The second-order valence-electron chi connectivity index (χ2n) is 6.63. The molecule has 0 saturated carbocycles. The van der Waals surface area contributed by atoms with Crippen LogP contribution in [0.25, 0.3) is 11.0 Å². The third-order valence-electron chi connectivity index (χ3n) is 4.48. The highest BCUT2D eigenvalue weighted by Crippen LogP contribution is 2.23. The largest absolute Gasteiger partial charge is 0.484 e. The van der Waals surface area contributed by atoms with Crippen LogP contribution in [0.3, 0.4) is 0 Å². The number of anilines is 1. The van der Waals surface area contributed by atoms with E-state index in [2.05, 4.69) is 12.2 Å². The first-order valence-electron chi connectivity index (χ1n) is 9.03. The van der Waals surface area contributed by atoms with Crippen LogP contribution in [-0.4, -0.2) is 12.5 Å². The maximum atomic E-state index is 12.1. The van der Waals surface area contributed by atoms with Crippen molar-refractivity contribution in [3.63, 3.8) is 0 Å². The summed E-state index contributed by atoms with van der Waals surface area (Å²) in [5, 5.41) is 3.71. The molecular formula is C22H23NO4. The smallest absolute Gasteiger partial charge is 0.336 e. The zero-order valence-corrected chi connectivity index (χ0v) is 15.8. The van der Waals surface area contributed by atoms with Crippen molar-refractivity contribution in [3.05, 3.63) is 69.6 Å². The highest BCUT2D eigenvalue weighted by molar-refractivity contribution is 5.92. The van der Waals surface area contributed by atoms with Crippen molar-refractivity contribution in [1.82, 2.24) is 0 Å². The van der Waals surface area contributed by atoms with E-state index in [1.54, 1.807) is 12.1 Å². The molecule has 3 rings (SSSR count). The molecule has 0 aliphatic rings. The lowest BCUT2D eigenvalue weighted by molar-refractivity contribution is -0.118. The van der Waals surface area contributed by atoms with Gasteiger partial charge in [-0.15, -0.1) is 0 Å². The van der Waals surface area contributed by atoms with Gasteiger partial charge < -0.3 is 14.5 Å². The zero-order chi connectivity index (χ0) is 19.4. The minimum Gasteiger partial charge on any atom is -0.484 e. The van der Waals surface area contributed by atoms with Crippen molar-refractivity contribution in [2.45, 2.75) is 33.6 Å². The van der Waals surface area contributed by atoms with E-state index in [1.807, 2.05) is 38.1 Å². The van der Waals surface area contributed by atoms with Gasteiger partial charge in [0.05, 0.1) is 0 Å². The monoisotopic (exact) mass is 365 g/mol. The summed E-state index contributed by atoms with van der Waals surface area (Å²) >= 11 is 0. The molecule has 2 aromatic carbocycles.